The van der Waals surface area contributed by atoms with Gasteiger partial charge in [0.2, 0.25) is 0 Å². The molecular formula is C43H89NO6P+. The van der Waals surface area contributed by atoms with E-state index in [-0.39, 0.29) is 19.4 Å². The molecule has 0 spiro atoms. The summed E-state index contributed by atoms with van der Waals surface area (Å²) in [5, 5.41) is 6.20. The van der Waals surface area contributed by atoms with Gasteiger partial charge in [-0.15, -0.1) is 0 Å². The lowest BCUT2D eigenvalue weighted by Gasteiger charge is -2.27. The van der Waals surface area contributed by atoms with Crippen LogP contribution in [0.2, 0.25) is 0 Å². The number of aliphatic hydroxyl groups excluding tert-OH is 1. The Balaban J connectivity index is 0. The fourth-order valence-corrected chi connectivity index (χ4v) is 7.45. The number of quaternary nitrogens is 1. The van der Waals surface area contributed by atoms with Crippen molar-refractivity contribution in [2.45, 2.75) is 231 Å². The predicted octanol–water partition coefficient (Wildman–Crippen LogP) is 12.3. The van der Waals surface area contributed by atoms with Gasteiger partial charge in [0.05, 0.1) is 27.7 Å². The second kappa shape index (κ2) is 35.1. The van der Waals surface area contributed by atoms with Gasteiger partial charge < -0.3 is 19.4 Å². The number of carbonyl (C=O) groups is 2. The summed E-state index contributed by atoms with van der Waals surface area (Å²) in [6, 6.07) is 0. The van der Waals surface area contributed by atoms with Gasteiger partial charge >= 0.3 is 7.60 Å². The molecule has 0 heterocycles. The van der Waals surface area contributed by atoms with Crippen LogP contribution in [0.1, 0.15) is 226 Å². The average Bonchev–Trinajstić information content (AvgIpc) is 3.06. The van der Waals surface area contributed by atoms with Crippen molar-refractivity contribution in [1.82, 2.24) is 0 Å². The maximum absolute atomic E-state index is 12.9. The molecule has 51 heavy (non-hydrogen) atoms. The molecule has 0 amide bonds. The smallest absolute Gasteiger partial charge is 0.346 e. The number of aliphatic hydroxyl groups is 1. The van der Waals surface area contributed by atoms with Crippen LogP contribution in [0.15, 0.2) is 0 Å². The number of hydrogen-bond acceptors (Lipinski definition) is 4. The highest BCUT2D eigenvalue weighted by Gasteiger charge is 2.53. The lowest BCUT2D eigenvalue weighted by atomic mass is 9.92. The Hall–Kier alpha value is -0.590. The number of Topliss-reactive ketones (excluding diaryl/α,β-unsaturated/α-hetero) is 2. The van der Waals surface area contributed by atoms with Crippen molar-refractivity contribution < 1.29 is 33.5 Å². The molecular weight excluding hydrogens is 657 g/mol. The highest BCUT2D eigenvalue weighted by molar-refractivity contribution is 7.56. The predicted molar refractivity (Wildman–Crippen MR) is 220 cm³/mol. The van der Waals surface area contributed by atoms with Gasteiger partial charge in [-0.05, 0) is 19.8 Å². The number of ketones is 2. The standard InChI is InChI=1S/C38H75O5P.C5H14NO/c1-4-6-8-10-12-14-16-18-20-22-24-26-28-30-32-34-36(39)38(3,44(41,42)43)37(40)35-33-31-29-27-25-23-21-19-17-15-13-11-9-7-5-2;1-6(2,3)4-5-7/h4-35H2,1-3H3,(H2,41,42,43);7H,4-5H2,1-3H3/q;+1. The van der Waals surface area contributed by atoms with E-state index in [9.17, 15) is 23.9 Å². The minimum atomic E-state index is -4.88. The second-order valence-electron chi connectivity index (χ2n) is 16.6. The maximum atomic E-state index is 12.9. The summed E-state index contributed by atoms with van der Waals surface area (Å²) in [6.45, 7) is 6.82. The van der Waals surface area contributed by atoms with Gasteiger partial charge in [-0.1, -0.05) is 194 Å². The molecule has 0 radical (unpaired) electrons. The fraction of sp³-hybridized carbons (Fsp3) is 0.953. The Morgan fingerprint density at radius 3 is 0.843 bits per heavy atom. The van der Waals surface area contributed by atoms with E-state index in [0.717, 1.165) is 49.6 Å². The molecule has 0 saturated heterocycles. The lowest BCUT2D eigenvalue weighted by Crippen LogP contribution is -2.43. The van der Waals surface area contributed by atoms with Crippen LogP contribution in [-0.2, 0) is 14.2 Å². The van der Waals surface area contributed by atoms with E-state index >= 15 is 0 Å². The van der Waals surface area contributed by atoms with Crippen LogP contribution in [0.3, 0.4) is 0 Å². The summed E-state index contributed by atoms with van der Waals surface area (Å²) < 4.78 is 13.2. The van der Waals surface area contributed by atoms with Crippen molar-refractivity contribution in [2.24, 2.45) is 0 Å². The van der Waals surface area contributed by atoms with Crippen molar-refractivity contribution in [1.29, 1.82) is 0 Å². The second-order valence-corrected chi connectivity index (χ2v) is 18.6. The fourth-order valence-electron chi connectivity index (χ4n) is 6.58. The van der Waals surface area contributed by atoms with Crippen LogP contribution < -0.4 is 0 Å². The molecule has 0 fully saturated rings. The molecule has 0 unspecified atom stereocenters. The number of carbonyl (C=O) groups excluding carboxylic acids is 2. The van der Waals surface area contributed by atoms with E-state index in [4.69, 9.17) is 5.11 Å². The Bertz CT molecular complexity index is 791. The zero-order valence-corrected chi connectivity index (χ0v) is 35.9. The summed E-state index contributed by atoms with van der Waals surface area (Å²) in [5.41, 5.74) is 0. The highest BCUT2D eigenvalue weighted by Crippen LogP contribution is 2.52. The van der Waals surface area contributed by atoms with Crippen LogP contribution in [0.5, 0.6) is 0 Å². The Kier molecular flexibility index (Phi) is 36.2. The van der Waals surface area contributed by atoms with E-state index in [1.54, 1.807) is 0 Å². The third-order valence-electron chi connectivity index (χ3n) is 10.5. The molecule has 8 heteroatoms. The topological polar surface area (TPSA) is 112 Å². The van der Waals surface area contributed by atoms with Gasteiger partial charge in [-0.25, -0.2) is 0 Å². The van der Waals surface area contributed by atoms with Gasteiger partial charge in [0.1, 0.15) is 6.54 Å². The van der Waals surface area contributed by atoms with E-state index in [1.807, 2.05) is 0 Å². The first-order valence-electron chi connectivity index (χ1n) is 21.8. The number of likely N-dealkylation sites (N-methyl/N-ethyl adjacent to an activating group) is 1. The lowest BCUT2D eigenvalue weighted by molar-refractivity contribution is -0.870. The van der Waals surface area contributed by atoms with Crippen molar-refractivity contribution in [3.63, 3.8) is 0 Å². The largest absolute Gasteiger partial charge is 0.391 e. The molecule has 0 aromatic heterocycles. The average molecular weight is 747 g/mol. The Morgan fingerprint density at radius 2 is 0.686 bits per heavy atom. The van der Waals surface area contributed by atoms with E-state index in [2.05, 4.69) is 35.0 Å². The van der Waals surface area contributed by atoms with E-state index in [0.29, 0.717) is 12.8 Å². The maximum Gasteiger partial charge on any atom is 0.346 e. The number of nitrogens with zero attached hydrogens (tertiary/aromatic N) is 1. The summed E-state index contributed by atoms with van der Waals surface area (Å²) in [4.78, 5) is 45.9. The highest BCUT2D eigenvalue weighted by atomic mass is 31.2. The number of unbranched alkanes of at least 4 members (excludes halogenated alkanes) is 28. The van der Waals surface area contributed by atoms with Crippen LogP contribution >= 0.6 is 7.60 Å². The summed E-state index contributed by atoms with van der Waals surface area (Å²) in [6.07, 6.45) is 36.7. The molecule has 0 atom stereocenters. The van der Waals surface area contributed by atoms with Crippen LogP contribution in [-0.4, -0.2) is 70.4 Å². The summed E-state index contributed by atoms with van der Waals surface area (Å²) in [7, 11) is 1.28. The molecule has 0 bridgehead atoms. The molecule has 7 nitrogen and oxygen atoms in total. The van der Waals surface area contributed by atoms with Crippen LogP contribution in [0.4, 0.5) is 0 Å². The number of rotatable bonds is 37. The zero-order valence-electron chi connectivity index (χ0n) is 35.0. The van der Waals surface area contributed by atoms with E-state index in [1.165, 1.54) is 148 Å². The normalized spacial score (nSPS) is 12.2. The van der Waals surface area contributed by atoms with Gasteiger partial charge in [0.25, 0.3) is 0 Å². The van der Waals surface area contributed by atoms with E-state index < -0.39 is 24.3 Å². The van der Waals surface area contributed by atoms with Gasteiger partial charge in [-0.2, -0.15) is 0 Å². The van der Waals surface area contributed by atoms with Crippen LogP contribution in [0, 0.1) is 0 Å². The van der Waals surface area contributed by atoms with Crippen molar-refractivity contribution in [3.05, 3.63) is 0 Å². The SMILES string of the molecule is CCCCCCCCCCCCCCCCCC(=O)C(C)(C(=O)CCCCCCCCCCCCCCCCC)P(=O)(O)O.C[N+](C)(C)CCO. The molecule has 3 N–H and O–H groups in total. The molecule has 0 aromatic carbocycles. The minimum absolute atomic E-state index is 0.0739. The summed E-state index contributed by atoms with van der Waals surface area (Å²) in [5.74, 6) is -1.15. The Labute approximate surface area is 317 Å². The third kappa shape index (κ3) is 32.6. The van der Waals surface area contributed by atoms with Gasteiger partial charge in [-0.3, -0.25) is 14.2 Å². The zero-order chi connectivity index (χ0) is 38.7. The molecule has 0 rings (SSSR count). The molecule has 306 valence electrons. The monoisotopic (exact) mass is 747 g/mol. The van der Waals surface area contributed by atoms with Crippen LogP contribution in [0.25, 0.3) is 0 Å². The Morgan fingerprint density at radius 1 is 0.471 bits per heavy atom. The first kappa shape index (κ1) is 52.5. The van der Waals surface area contributed by atoms with Crippen molar-refractivity contribution in [2.75, 3.05) is 34.3 Å². The van der Waals surface area contributed by atoms with Crippen molar-refractivity contribution in [3.8, 4) is 0 Å². The molecule has 0 aliphatic rings. The minimum Gasteiger partial charge on any atom is -0.391 e. The van der Waals surface area contributed by atoms with Gasteiger partial charge in [0, 0.05) is 12.8 Å². The first-order valence-corrected chi connectivity index (χ1v) is 23.4. The number of hydrogen-bond donors (Lipinski definition) is 3. The molecule has 0 aliphatic carbocycles. The van der Waals surface area contributed by atoms with Crippen molar-refractivity contribution >= 4 is 19.2 Å². The third-order valence-corrected chi connectivity index (χ3v) is 12.1. The quantitative estimate of drug-likeness (QED) is 0.0252. The molecule has 0 aliphatic heterocycles. The summed E-state index contributed by atoms with van der Waals surface area (Å²) >= 11 is 0. The molecule has 0 saturated carbocycles. The molecule has 0 aromatic rings. The first-order chi connectivity index (χ1) is 24.3. The van der Waals surface area contributed by atoms with Gasteiger partial charge in [0.15, 0.2) is 16.7 Å².